The van der Waals surface area contributed by atoms with Gasteiger partial charge in [0.05, 0.1) is 6.04 Å². The Hall–Kier alpha value is -3.73. The number of anilines is 1. The Labute approximate surface area is 197 Å². The maximum atomic E-state index is 12.3. The van der Waals surface area contributed by atoms with Crippen molar-refractivity contribution in [2.45, 2.75) is 25.7 Å². The molecule has 1 atom stereocenters. The first-order valence-electron chi connectivity index (χ1n) is 10.3. The van der Waals surface area contributed by atoms with Crippen molar-refractivity contribution in [3.8, 4) is 16.3 Å². The van der Waals surface area contributed by atoms with E-state index < -0.39 is 6.36 Å². The third-order valence-electron chi connectivity index (χ3n) is 4.86. The van der Waals surface area contributed by atoms with E-state index >= 15 is 0 Å². The van der Waals surface area contributed by atoms with Gasteiger partial charge in [0.1, 0.15) is 10.8 Å². The Morgan fingerprint density at radius 3 is 2.62 bits per heavy atom. The number of ether oxygens (including phenoxy) is 1. The van der Waals surface area contributed by atoms with Gasteiger partial charge in [-0.25, -0.2) is 0 Å². The Bertz CT molecular complexity index is 1280. The third-order valence-corrected chi connectivity index (χ3v) is 5.79. The SMILES string of the molecule is CC(=O)N[C@H](CNc1nnc(-c2ccc3cnccc3c2)s1)Cc1ccc(OC(F)(F)F)cc1. The predicted octanol–water partition coefficient (Wildman–Crippen LogP) is 4.81. The number of amides is 1. The van der Waals surface area contributed by atoms with Crippen molar-refractivity contribution in [1.29, 1.82) is 0 Å². The minimum absolute atomic E-state index is 0.215. The van der Waals surface area contributed by atoms with Crippen LogP contribution < -0.4 is 15.4 Å². The van der Waals surface area contributed by atoms with Crippen LogP contribution in [-0.2, 0) is 11.2 Å². The Morgan fingerprint density at radius 2 is 1.88 bits per heavy atom. The van der Waals surface area contributed by atoms with E-state index in [0.29, 0.717) is 18.1 Å². The summed E-state index contributed by atoms with van der Waals surface area (Å²) >= 11 is 1.38. The van der Waals surface area contributed by atoms with Crippen LogP contribution in [0.3, 0.4) is 0 Å². The summed E-state index contributed by atoms with van der Waals surface area (Å²) in [5.74, 6) is -0.510. The first-order valence-corrected chi connectivity index (χ1v) is 11.1. The first-order chi connectivity index (χ1) is 16.2. The van der Waals surface area contributed by atoms with E-state index in [-0.39, 0.29) is 17.7 Å². The second kappa shape index (κ2) is 10.0. The van der Waals surface area contributed by atoms with Crippen molar-refractivity contribution < 1.29 is 22.7 Å². The first kappa shape index (κ1) is 23.4. The average Bonchev–Trinajstić information content (AvgIpc) is 3.26. The molecule has 34 heavy (non-hydrogen) atoms. The van der Waals surface area contributed by atoms with E-state index in [0.717, 1.165) is 26.9 Å². The summed E-state index contributed by atoms with van der Waals surface area (Å²) in [7, 11) is 0. The molecule has 0 radical (unpaired) electrons. The lowest BCUT2D eigenvalue weighted by atomic mass is 10.1. The summed E-state index contributed by atoms with van der Waals surface area (Å²) in [6.07, 6.45) is -0.804. The fourth-order valence-corrected chi connectivity index (χ4v) is 4.16. The highest BCUT2D eigenvalue weighted by atomic mass is 32.1. The van der Waals surface area contributed by atoms with Gasteiger partial charge in [-0.2, -0.15) is 0 Å². The number of nitrogens with one attached hydrogen (secondary N) is 2. The minimum atomic E-state index is -4.74. The van der Waals surface area contributed by atoms with Gasteiger partial charge >= 0.3 is 6.36 Å². The second-order valence-corrected chi connectivity index (χ2v) is 8.50. The fraction of sp³-hybridized carbons (Fsp3) is 0.217. The van der Waals surface area contributed by atoms with Crippen LogP contribution >= 0.6 is 11.3 Å². The lowest BCUT2D eigenvalue weighted by molar-refractivity contribution is -0.274. The molecule has 4 aromatic rings. The zero-order valence-corrected chi connectivity index (χ0v) is 18.8. The van der Waals surface area contributed by atoms with E-state index in [9.17, 15) is 18.0 Å². The molecule has 11 heteroatoms. The zero-order valence-electron chi connectivity index (χ0n) is 18.0. The summed E-state index contributed by atoms with van der Waals surface area (Å²) in [5, 5.41) is 17.9. The molecule has 0 aliphatic heterocycles. The monoisotopic (exact) mass is 487 g/mol. The molecule has 0 saturated heterocycles. The number of carbonyl (C=O) groups is 1. The maximum absolute atomic E-state index is 12.3. The molecule has 0 bridgehead atoms. The Morgan fingerprint density at radius 1 is 1.09 bits per heavy atom. The zero-order chi connectivity index (χ0) is 24.1. The van der Waals surface area contributed by atoms with Gasteiger partial charge in [-0.15, -0.1) is 23.4 Å². The number of nitrogens with zero attached hydrogens (tertiary/aromatic N) is 3. The van der Waals surface area contributed by atoms with Gasteiger partial charge in [0, 0.05) is 36.8 Å². The molecule has 0 fully saturated rings. The normalized spacial score (nSPS) is 12.4. The average molecular weight is 488 g/mol. The molecule has 2 N–H and O–H groups in total. The molecule has 176 valence electrons. The van der Waals surface area contributed by atoms with Crippen LogP contribution in [0.15, 0.2) is 60.9 Å². The summed E-state index contributed by atoms with van der Waals surface area (Å²) in [6.45, 7) is 1.77. The molecule has 0 aliphatic carbocycles. The molecule has 2 aromatic carbocycles. The van der Waals surface area contributed by atoms with Gasteiger partial charge in [0.15, 0.2) is 0 Å². The Balaban J connectivity index is 1.40. The summed E-state index contributed by atoms with van der Waals surface area (Å²) in [6, 6.07) is 13.1. The summed E-state index contributed by atoms with van der Waals surface area (Å²) < 4.78 is 40.9. The molecule has 1 amide bonds. The number of benzene rings is 2. The van der Waals surface area contributed by atoms with Gasteiger partial charge < -0.3 is 15.4 Å². The van der Waals surface area contributed by atoms with Crippen LogP contribution in [0.25, 0.3) is 21.3 Å². The van der Waals surface area contributed by atoms with Crippen LogP contribution in [0.2, 0.25) is 0 Å². The molecule has 0 saturated carbocycles. The number of fused-ring (bicyclic) bond motifs is 1. The van der Waals surface area contributed by atoms with Crippen molar-refractivity contribution in [2.75, 3.05) is 11.9 Å². The maximum Gasteiger partial charge on any atom is 0.573 e. The van der Waals surface area contributed by atoms with Crippen LogP contribution in [0.1, 0.15) is 12.5 Å². The number of hydrogen-bond donors (Lipinski definition) is 2. The van der Waals surface area contributed by atoms with Gasteiger partial charge in [-0.05, 0) is 41.6 Å². The van der Waals surface area contributed by atoms with E-state index in [1.54, 1.807) is 12.4 Å². The molecule has 0 spiro atoms. The lowest BCUT2D eigenvalue weighted by Gasteiger charge is -2.18. The molecular weight excluding hydrogens is 467 g/mol. The fourth-order valence-electron chi connectivity index (χ4n) is 3.41. The highest BCUT2D eigenvalue weighted by Crippen LogP contribution is 2.29. The van der Waals surface area contributed by atoms with E-state index in [1.165, 1.54) is 42.5 Å². The minimum Gasteiger partial charge on any atom is -0.406 e. The highest BCUT2D eigenvalue weighted by molar-refractivity contribution is 7.18. The largest absolute Gasteiger partial charge is 0.573 e. The third kappa shape index (κ3) is 6.41. The molecule has 0 aliphatic rings. The molecule has 4 rings (SSSR count). The van der Waals surface area contributed by atoms with Crippen LogP contribution in [0.4, 0.5) is 18.3 Å². The number of rotatable bonds is 8. The van der Waals surface area contributed by atoms with Crippen molar-refractivity contribution in [3.05, 3.63) is 66.5 Å². The molecule has 2 aromatic heterocycles. The van der Waals surface area contributed by atoms with Gasteiger partial charge in [-0.3, -0.25) is 9.78 Å². The molecule has 0 unspecified atom stereocenters. The predicted molar refractivity (Wildman–Crippen MR) is 124 cm³/mol. The van der Waals surface area contributed by atoms with E-state index in [4.69, 9.17) is 0 Å². The standard InChI is InChI=1S/C23H20F3N5O2S/c1-14(32)29-19(10-15-2-6-20(7-3-15)33-23(24,25)26)13-28-22-31-30-21(34-22)17-4-5-18-12-27-9-8-16(18)11-17/h2-9,11-12,19H,10,13H2,1H3,(H,28,31)(H,29,32)/t19-/m0/s1. The molecule has 7 nitrogen and oxygen atoms in total. The van der Waals surface area contributed by atoms with Crippen molar-refractivity contribution in [2.24, 2.45) is 0 Å². The van der Waals surface area contributed by atoms with E-state index in [2.05, 4.69) is 30.6 Å². The number of pyridine rings is 1. The van der Waals surface area contributed by atoms with Crippen molar-refractivity contribution in [1.82, 2.24) is 20.5 Å². The Kier molecular flexibility index (Phi) is 6.92. The molecule has 2 heterocycles. The molecular formula is C23H20F3N5O2S. The highest BCUT2D eigenvalue weighted by Gasteiger charge is 2.31. The van der Waals surface area contributed by atoms with Crippen molar-refractivity contribution >= 4 is 33.1 Å². The lowest BCUT2D eigenvalue weighted by Crippen LogP contribution is -2.40. The smallest absolute Gasteiger partial charge is 0.406 e. The quantitative estimate of drug-likeness (QED) is 0.371. The number of carbonyl (C=O) groups excluding carboxylic acids is 1. The topological polar surface area (TPSA) is 89.0 Å². The summed E-state index contributed by atoms with van der Waals surface area (Å²) in [4.78, 5) is 15.8. The van der Waals surface area contributed by atoms with Crippen LogP contribution in [0.5, 0.6) is 5.75 Å². The van der Waals surface area contributed by atoms with E-state index in [1.807, 2.05) is 24.3 Å². The van der Waals surface area contributed by atoms with Crippen LogP contribution in [-0.4, -0.2) is 40.0 Å². The van der Waals surface area contributed by atoms with Gasteiger partial charge in [0.2, 0.25) is 11.0 Å². The van der Waals surface area contributed by atoms with Gasteiger partial charge in [-0.1, -0.05) is 35.6 Å². The second-order valence-electron chi connectivity index (χ2n) is 7.52. The summed E-state index contributed by atoms with van der Waals surface area (Å²) in [5.41, 5.74) is 1.68. The number of halogens is 3. The number of alkyl halides is 3. The van der Waals surface area contributed by atoms with Crippen molar-refractivity contribution in [3.63, 3.8) is 0 Å². The van der Waals surface area contributed by atoms with Crippen LogP contribution in [0, 0.1) is 0 Å². The van der Waals surface area contributed by atoms with Gasteiger partial charge in [0.25, 0.3) is 0 Å². The number of aromatic nitrogens is 3. The number of hydrogen-bond acceptors (Lipinski definition) is 7.